The topological polar surface area (TPSA) is 24.1 Å². The van der Waals surface area contributed by atoms with Crippen LogP contribution in [0.25, 0.3) is 0 Å². The number of aryl methyl sites for hydroxylation is 1. The van der Waals surface area contributed by atoms with Gasteiger partial charge in [-0.3, -0.25) is 0 Å². The maximum Gasteiger partial charge on any atom is 0.171 e. The Bertz CT molecular complexity index is 397. The molecule has 0 saturated heterocycles. The lowest BCUT2D eigenvalue weighted by Gasteiger charge is -2.24. The maximum absolute atomic E-state index is 5.40. The number of anilines is 1. The van der Waals surface area contributed by atoms with Crippen molar-refractivity contribution in [1.82, 2.24) is 5.32 Å². The third-order valence-corrected chi connectivity index (χ3v) is 3.81. The van der Waals surface area contributed by atoms with Gasteiger partial charge >= 0.3 is 0 Å². The third-order valence-electron chi connectivity index (χ3n) is 3.59. The van der Waals surface area contributed by atoms with Crippen LogP contribution in [0.4, 0.5) is 5.69 Å². The van der Waals surface area contributed by atoms with Crippen molar-refractivity contribution in [3.8, 4) is 0 Å². The van der Waals surface area contributed by atoms with Gasteiger partial charge in [0.2, 0.25) is 0 Å². The van der Waals surface area contributed by atoms with Gasteiger partial charge in [-0.25, -0.2) is 0 Å². The van der Waals surface area contributed by atoms with Crippen molar-refractivity contribution in [2.24, 2.45) is 0 Å². The quantitative estimate of drug-likeness (QED) is 0.809. The van der Waals surface area contributed by atoms with E-state index in [1.807, 2.05) is 6.07 Å². The van der Waals surface area contributed by atoms with Crippen LogP contribution in [0.15, 0.2) is 24.3 Å². The fourth-order valence-electron chi connectivity index (χ4n) is 2.54. The summed E-state index contributed by atoms with van der Waals surface area (Å²) in [6.07, 6.45) is 7.54. The number of para-hydroxylation sites is 1. The summed E-state index contributed by atoms with van der Waals surface area (Å²) in [5.41, 5.74) is 2.44. The van der Waals surface area contributed by atoms with Gasteiger partial charge in [0.1, 0.15) is 0 Å². The fraction of sp³-hybridized carbons (Fsp3) is 0.533. The summed E-state index contributed by atoms with van der Waals surface area (Å²) < 4.78 is 0. The van der Waals surface area contributed by atoms with E-state index in [2.05, 4.69) is 35.8 Å². The zero-order valence-electron chi connectivity index (χ0n) is 11.0. The third kappa shape index (κ3) is 3.70. The molecule has 0 aliphatic heterocycles. The second kappa shape index (κ2) is 6.74. The van der Waals surface area contributed by atoms with Gasteiger partial charge in [-0.2, -0.15) is 0 Å². The van der Waals surface area contributed by atoms with Crippen LogP contribution in [-0.2, 0) is 6.42 Å². The van der Waals surface area contributed by atoms with Gasteiger partial charge in [-0.05, 0) is 43.1 Å². The zero-order chi connectivity index (χ0) is 12.8. The van der Waals surface area contributed by atoms with Crippen LogP contribution in [0.2, 0.25) is 0 Å². The van der Waals surface area contributed by atoms with E-state index < -0.39 is 0 Å². The largest absolute Gasteiger partial charge is 0.360 e. The van der Waals surface area contributed by atoms with Gasteiger partial charge in [0, 0.05) is 11.7 Å². The molecule has 1 aromatic carbocycles. The monoisotopic (exact) mass is 262 g/mol. The number of hydrogen-bond acceptors (Lipinski definition) is 1. The summed E-state index contributed by atoms with van der Waals surface area (Å²) in [5, 5.41) is 7.53. The van der Waals surface area contributed by atoms with Crippen molar-refractivity contribution in [2.75, 3.05) is 5.32 Å². The van der Waals surface area contributed by atoms with Crippen molar-refractivity contribution < 1.29 is 0 Å². The molecule has 2 N–H and O–H groups in total. The zero-order valence-corrected chi connectivity index (χ0v) is 11.9. The number of hydrogen-bond donors (Lipinski definition) is 2. The van der Waals surface area contributed by atoms with Crippen molar-refractivity contribution in [3.63, 3.8) is 0 Å². The Kier molecular flexibility index (Phi) is 5.00. The lowest BCUT2D eigenvalue weighted by atomic mass is 9.96. The molecule has 3 heteroatoms. The Morgan fingerprint density at radius 2 is 1.94 bits per heavy atom. The van der Waals surface area contributed by atoms with Crippen LogP contribution >= 0.6 is 12.2 Å². The van der Waals surface area contributed by atoms with Crippen LogP contribution < -0.4 is 10.6 Å². The van der Waals surface area contributed by atoms with Crippen LogP contribution in [0.1, 0.15) is 44.6 Å². The van der Waals surface area contributed by atoms with E-state index in [9.17, 15) is 0 Å². The normalized spacial score (nSPS) is 16.3. The van der Waals surface area contributed by atoms with E-state index in [0.29, 0.717) is 6.04 Å². The molecule has 1 aliphatic rings. The van der Waals surface area contributed by atoms with Crippen LogP contribution in [0.3, 0.4) is 0 Å². The lowest BCUT2D eigenvalue weighted by Crippen LogP contribution is -2.38. The SMILES string of the molecule is CCc1ccccc1NC(=S)NC1CCCCC1. The average molecular weight is 262 g/mol. The summed E-state index contributed by atoms with van der Waals surface area (Å²) in [7, 11) is 0. The molecule has 0 amide bonds. The average Bonchev–Trinajstić information content (AvgIpc) is 2.40. The van der Waals surface area contributed by atoms with Crippen molar-refractivity contribution >= 4 is 23.0 Å². The minimum absolute atomic E-state index is 0.563. The van der Waals surface area contributed by atoms with Crippen LogP contribution in [0, 0.1) is 0 Å². The number of rotatable bonds is 3. The Balaban J connectivity index is 1.90. The molecule has 2 nitrogen and oxygen atoms in total. The molecule has 1 saturated carbocycles. The van der Waals surface area contributed by atoms with Gasteiger partial charge in [-0.15, -0.1) is 0 Å². The van der Waals surface area contributed by atoms with Gasteiger partial charge in [-0.1, -0.05) is 44.4 Å². The lowest BCUT2D eigenvalue weighted by molar-refractivity contribution is 0.415. The molecule has 0 spiro atoms. The van der Waals surface area contributed by atoms with E-state index >= 15 is 0 Å². The minimum atomic E-state index is 0.563. The Morgan fingerprint density at radius 1 is 1.22 bits per heavy atom. The second-order valence-corrected chi connectivity index (χ2v) is 5.35. The molecule has 0 radical (unpaired) electrons. The summed E-state index contributed by atoms with van der Waals surface area (Å²) in [4.78, 5) is 0. The molecule has 0 aromatic heterocycles. The van der Waals surface area contributed by atoms with E-state index in [-0.39, 0.29) is 0 Å². The predicted octanol–water partition coefficient (Wildman–Crippen LogP) is 3.87. The van der Waals surface area contributed by atoms with Crippen molar-refractivity contribution in [3.05, 3.63) is 29.8 Å². The molecule has 2 rings (SSSR count). The number of benzene rings is 1. The summed E-state index contributed by atoms with van der Waals surface area (Å²) in [5.74, 6) is 0. The highest BCUT2D eigenvalue weighted by atomic mass is 32.1. The Hall–Kier alpha value is -1.09. The number of thiocarbonyl (C=S) groups is 1. The second-order valence-electron chi connectivity index (χ2n) is 4.94. The van der Waals surface area contributed by atoms with E-state index in [1.54, 1.807) is 0 Å². The maximum atomic E-state index is 5.40. The standard InChI is InChI=1S/C15H22N2S/c1-2-12-8-6-7-11-14(12)17-15(18)16-13-9-4-3-5-10-13/h6-8,11,13H,2-5,9-10H2,1H3,(H2,16,17,18). The molecule has 98 valence electrons. The molecule has 0 atom stereocenters. The highest BCUT2D eigenvalue weighted by Crippen LogP contribution is 2.18. The van der Waals surface area contributed by atoms with Crippen molar-refractivity contribution in [1.29, 1.82) is 0 Å². The van der Waals surface area contributed by atoms with Gasteiger partial charge in [0.05, 0.1) is 0 Å². The fourth-order valence-corrected chi connectivity index (χ4v) is 2.82. The first-order valence-electron chi connectivity index (χ1n) is 6.95. The van der Waals surface area contributed by atoms with Gasteiger partial charge in [0.25, 0.3) is 0 Å². The van der Waals surface area contributed by atoms with E-state index in [4.69, 9.17) is 12.2 Å². The smallest absolute Gasteiger partial charge is 0.171 e. The summed E-state index contributed by atoms with van der Waals surface area (Å²) in [6, 6.07) is 8.92. The molecule has 0 bridgehead atoms. The Labute approximate surface area is 115 Å². The molecular formula is C15H22N2S. The highest BCUT2D eigenvalue weighted by molar-refractivity contribution is 7.80. The van der Waals surface area contributed by atoms with Gasteiger partial charge < -0.3 is 10.6 Å². The number of nitrogens with one attached hydrogen (secondary N) is 2. The molecule has 1 aromatic rings. The first-order chi connectivity index (χ1) is 8.79. The van der Waals surface area contributed by atoms with E-state index in [1.165, 1.54) is 37.7 Å². The Morgan fingerprint density at radius 3 is 2.67 bits per heavy atom. The van der Waals surface area contributed by atoms with Crippen LogP contribution in [-0.4, -0.2) is 11.2 Å². The molecule has 18 heavy (non-hydrogen) atoms. The molecule has 0 heterocycles. The summed E-state index contributed by atoms with van der Waals surface area (Å²) >= 11 is 5.40. The summed E-state index contributed by atoms with van der Waals surface area (Å²) in [6.45, 7) is 2.16. The van der Waals surface area contributed by atoms with E-state index in [0.717, 1.165) is 17.2 Å². The van der Waals surface area contributed by atoms with Crippen molar-refractivity contribution in [2.45, 2.75) is 51.5 Å². The first-order valence-corrected chi connectivity index (χ1v) is 7.36. The molecule has 1 fully saturated rings. The van der Waals surface area contributed by atoms with Crippen LogP contribution in [0.5, 0.6) is 0 Å². The molecule has 0 unspecified atom stereocenters. The molecular weight excluding hydrogens is 240 g/mol. The highest BCUT2D eigenvalue weighted by Gasteiger charge is 2.14. The van der Waals surface area contributed by atoms with Gasteiger partial charge in [0.15, 0.2) is 5.11 Å². The first kappa shape index (κ1) is 13.3. The predicted molar refractivity (Wildman–Crippen MR) is 82.0 cm³/mol. The molecule has 1 aliphatic carbocycles. The minimum Gasteiger partial charge on any atom is -0.360 e.